The van der Waals surface area contributed by atoms with Gasteiger partial charge in [0, 0.05) is 17.3 Å². The molecule has 1 fully saturated rings. The molecule has 0 heterocycles. The molecule has 0 saturated heterocycles. The van der Waals surface area contributed by atoms with E-state index < -0.39 is 0 Å². The third-order valence-electron chi connectivity index (χ3n) is 4.79. The molecule has 0 bridgehead atoms. The monoisotopic (exact) mass is 312 g/mol. The molecule has 2 aromatic rings. The van der Waals surface area contributed by atoms with Crippen molar-refractivity contribution in [3.05, 3.63) is 59.7 Å². The summed E-state index contributed by atoms with van der Waals surface area (Å²) in [7, 11) is 0.185. The van der Waals surface area contributed by atoms with Crippen LogP contribution in [-0.2, 0) is 9.72 Å². The number of anilines is 2. The Bertz CT molecular complexity index is 654. The van der Waals surface area contributed by atoms with Crippen molar-refractivity contribution >= 4 is 19.8 Å². The van der Waals surface area contributed by atoms with Crippen LogP contribution in [0.2, 0.25) is 0 Å². The van der Waals surface area contributed by atoms with Crippen molar-refractivity contribution in [3.63, 3.8) is 0 Å². The van der Waals surface area contributed by atoms with Crippen LogP contribution in [0.5, 0.6) is 0 Å². The first-order valence-corrected chi connectivity index (χ1v) is 8.53. The first kappa shape index (κ1) is 15.1. The summed E-state index contributed by atoms with van der Waals surface area (Å²) in [6.07, 6.45) is 4.24. The quantitative estimate of drug-likeness (QED) is 0.638. The molecule has 2 unspecified atom stereocenters. The Morgan fingerprint density at radius 1 is 0.909 bits per heavy atom. The van der Waals surface area contributed by atoms with Crippen LogP contribution in [0.25, 0.3) is 0 Å². The van der Waals surface area contributed by atoms with Gasteiger partial charge in [-0.15, -0.1) is 0 Å². The lowest BCUT2D eigenvalue weighted by atomic mass is 9.71. The lowest BCUT2D eigenvalue weighted by Crippen LogP contribution is -2.31. The van der Waals surface area contributed by atoms with Crippen molar-refractivity contribution in [1.29, 1.82) is 0 Å². The van der Waals surface area contributed by atoms with Crippen LogP contribution in [0.4, 0.5) is 11.4 Å². The second-order valence-corrected chi connectivity index (χ2v) is 7.08. The van der Waals surface area contributed by atoms with E-state index in [1.165, 1.54) is 12.0 Å². The fourth-order valence-electron chi connectivity index (χ4n) is 3.61. The van der Waals surface area contributed by atoms with Gasteiger partial charge < -0.3 is 11.5 Å². The van der Waals surface area contributed by atoms with Gasteiger partial charge in [-0.1, -0.05) is 37.1 Å². The molecule has 0 aliphatic heterocycles. The van der Waals surface area contributed by atoms with Gasteiger partial charge in [0.2, 0.25) is 0 Å². The molecule has 2 aromatic carbocycles. The summed E-state index contributed by atoms with van der Waals surface area (Å²) in [6.45, 7) is 0. The van der Waals surface area contributed by atoms with Gasteiger partial charge in [0.15, 0.2) is 8.46 Å². The largest absolute Gasteiger partial charge is 0.399 e. The third-order valence-corrected chi connectivity index (χ3v) is 5.91. The number of nitrogen functional groups attached to an aromatic ring is 2. The minimum Gasteiger partial charge on any atom is -0.399 e. The number of hydrogen-bond donors (Lipinski definition) is 2. The van der Waals surface area contributed by atoms with Crippen LogP contribution in [0, 0.1) is 0 Å². The van der Waals surface area contributed by atoms with Crippen molar-refractivity contribution in [3.8, 4) is 0 Å². The van der Waals surface area contributed by atoms with E-state index in [0.29, 0.717) is 0 Å². The van der Waals surface area contributed by atoms with Crippen LogP contribution in [-0.4, -0.2) is 0 Å². The molecule has 2 atom stereocenters. The Kier molecular flexibility index (Phi) is 4.17. The maximum absolute atomic E-state index is 12.3. The maximum atomic E-state index is 12.3. The minimum atomic E-state index is -0.359. The topological polar surface area (TPSA) is 69.1 Å². The summed E-state index contributed by atoms with van der Waals surface area (Å²) < 4.78 is 12.3. The van der Waals surface area contributed by atoms with Gasteiger partial charge in [0.1, 0.15) is 0 Å². The Morgan fingerprint density at radius 3 is 2.09 bits per heavy atom. The van der Waals surface area contributed by atoms with E-state index in [1.807, 2.05) is 36.4 Å². The summed E-state index contributed by atoms with van der Waals surface area (Å²) in [5, 5.41) is -0.359. The lowest BCUT2D eigenvalue weighted by molar-refractivity contribution is 0.340. The predicted octanol–water partition coefficient (Wildman–Crippen LogP) is 4.70. The number of hydrogen-bond acceptors (Lipinski definition) is 3. The van der Waals surface area contributed by atoms with Gasteiger partial charge in [-0.2, -0.15) is 0 Å². The Morgan fingerprint density at radius 2 is 1.50 bits per heavy atom. The molecule has 4 N–H and O–H groups in total. The van der Waals surface area contributed by atoms with E-state index >= 15 is 0 Å². The number of nitrogens with two attached hydrogens (primary N) is 2. The third kappa shape index (κ3) is 2.62. The Labute approximate surface area is 132 Å². The molecule has 3 rings (SSSR count). The molecule has 0 amide bonds. The molecule has 3 nitrogen and oxygen atoms in total. The molecule has 0 spiro atoms. The average molecular weight is 312 g/mol. The van der Waals surface area contributed by atoms with E-state index in [-0.39, 0.29) is 19.5 Å². The van der Waals surface area contributed by atoms with Crippen molar-refractivity contribution in [2.45, 2.75) is 36.8 Å². The fourth-order valence-corrected chi connectivity index (χ4v) is 4.52. The van der Waals surface area contributed by atoms with Crippen molar-refractivity contribution in [2.75, 3.05) is 11.5 Å². The zero-order chi connectivity index (χ0) is 15.6. The summed E-state index contributed by atoms with van der Waals surface area (Å²) in [5.41, 5.74) is 15.4. The van der Waals surface area contributed by atoms with E-state index in [9.17, 15) is 4.57 Å². The molecule has 0 aromatic heterocycles. The Balaban J connectivity index is 2.07. The fraction of sp³-hybridized carbons (Fsp3) is 0.333. The van der Waals surface area contributed by atoms with Crippen molar-refractivity contribution in [1.82, 2.24) is 0 Å². The minimum absolute atomic E-state index is 0.185. The summed E-state index contributed by atoms with van der Waals surface area (Å²) in [4.78, 5) is 0. The highest BCUT2D eigenvalue weighted by molar-refractivity contribution is 7.25. The highest BCUT2D eigenvalue weighted by Crippen LogP contribution is 2.55. The van der Waals surface area contributed by atoms with E-state index in [0.717, 1.165) is 36.2 Å². The maximum Gasteiger partial charge on any atom is 0.167 e. The summed E-state index contributed by atoms with van der Waals surface area (Å²) in [5.74, 6) is 0.240. The molecule has 114 valence electrons. The van der Waals surface area contributed by atoms with Gasteiger partial charge >= 0.3 is 0 Å². The smallest absolute Gasteiger partial charge is 0.167 e. The van der Waals surface area contributed by atoms with Gasteiger partial charge in [0.05, 0.1) is 5.16 Å². The standard InChI is InChI=1S/C18H21N2OP/c19-15-8-4-13(5-9-15)17-3-1-2-12-18(17,22-21)14-6-10-16(20)11-7-14/h4-11,17H,1-3,12,19-20H2. The molecule has 1 saturated carbocycles. The number of benzene rings is 2. The molecule has 1 aliphatic carbocycles. The van der Waals surface area contributed by atoms with E-state index in [1.54, 1.807) is 0 Å². The second-order valence-electron chi connectivity index (χ2n) is 6.10. The summed E-state index contributed by atoms with van der Waals surface area (Å²) in [6, 6.07) is 15.9. The highest BCUT2D eigenvalue weighted by atomic mass is 31.1. The molecular formula is C18H21N2OP. The van der Waals surface area contributed by atoms with Gasteiger partial charge in [-0.05, 0) is 48.2 Å². The SMILES string of the molecule is Nc1ccc(C2CCCCC2(P=O)c2ccc(N)cc2)cc1. The highest BCUT2D eigenvalue weighted by Gasteiger charge is 2.44. The summed E-state index contributed by atoms with van der Waals surface area (Å²) >= 11 is 0. The second kappa shape index (κ2) is 6.10. The van der Waals surface area contributed by atoms with Crippen LogP contribution in [0.15, 0.2) is 48.5 Å². The zero-order valence-corrected chi connectivity index (χ0v) is 13.4. The van der Waals surface area contributed by atoms with Crippen LogP contribution >= 0.6 is 8.46 Å². The van der Waals surface area contributed by atoms with Crippen molar-refractivity contribution < 1.29 is 4.57 Å². The van der Waals surface area contributed by atoms with Gasteiger partial charge in [-0.25, -0.2) is 0 Å². The average Bonchev–Trinajstić information content (AvgIpc) is 2.56. The predicted molar refractivity (Wildman–Crippen MR) is 92.2 cm³/mol. The van der Waals surface area contributed by atoms with Gasteiger partial charge in [-0.3, -0.25) is 4.57 Å². The lowest BCUT2D eigenvalue weighted by Gasteiger charge is -2.40. The first-order valence-electron chi connectivity index (χ1n) is 7.72. The Hall–Kier alpha value is -1.86. The molecule has 4 heteroatoms. The molecule has 1 aliphatic rings. The van der Waals surface area contributed by atoms with E-state index in [4.69, 9.17) is 11.5 Å². The molecule has 0 radical (unpaired) electrons. The molecule has 22 heavy (non-hydrogen) atoms. The van der Waals surface area contributed by atoms with E-state index in [2.05, 4.69) is 12.1 Å². The normalized spacial score (nSPS) is 25.2. The molecular weight excluding hydrogens is 291 g/mol. The van der Waals surface area contributed by atoms with Crippen LogP contribution < -0.4 is 11.5 Å². The van der Waals surface area contributed by atoms with Crippen molar-refractivity contribution in [2.24, 2.45) is 0 Å². The van der Waals surface area contributed by atoms with Gasteiger partial charge in [0.25, 0.3) is 0 Å². The van der Waals surface area contributed by atoms with Crippen LogP contribution in [0.1, 0.15) is 42.7 Å². The number of rotatable bonds is 3. The zero-order valence-electron chi connectivity index (χ0n) is 12.5. The van der Waals surface area contributed by atoms with Crippen LogP contribution in [0.3, 0.4) is 0 Å². The first-order chi connectivity index (χ1) is 10.7.